The summed E-state index contributed by atoms with van der Waals surface area (Å²) in [4.78, 5) is 13.0. The molecule has 2 heterocycles. The van der Waals surface area contributed by atoms with Gasteiger partial charge in [0.1, 0.15) is 0 Å². The number of carbonyl (C=O) groups excluding carboxylic acids is 1. The van der Waals surface area contributed by atoms with Gasteiger partial charge >= 0.3 is 0 Å². The van der Waals surface area contributed by atoms with Crippen molar-refractivity contribution in [3.63, 3.8) is 0 Å². The van der Waals surface area contributed by atoms with Crippen LogP contribution in [0.5, 0.6) is 0 Å². The smallest absolute Gasteiger partial charge is 0.220 e. The number of carbonyl (C=O) groups is 1. The SMILES string of the molecule is O=C(CCCCc1cccs1)NCC1CCCO1. The molecule has 0 bridgehead atoms. The fourth-order valence-corrected chi connectivity index (χ4v) is 2.91. The lowest BCUT2D eigenvalue weighted by atomic mass is 10.1. The molecule has 0 saturated carbocycles. The Labute approximate surface area is 113 Å². The Bertz CT molecular complexity index is 345. The molecule has 3 nitrogen and oxygen atoms in total. The van der Waals surface area contributed by atoms with E-state index in [9.17, 15) is 4.79 Å². The Morgan fingerprint density at radius 2 is 2.44 bits per heavy atom. The first-order chi connectivity index (χ1) is 8.84. The summed E-state index contributed by atoms with van der Waals surface area (Å²) in [7, 11) is 0. The van der Waals surface area contributed by atoms with Crippen LogP contribution in [0.1, 0.15) is 37.0 Å². The number of unbranched alkanes of at least 4 members (excludes halogenated alkanes) is 1. The molecule has 1 unspecified atom stereocenters. The van der Waals surface area contributed by atoms with Gasteiger partial charge in [-0.05, 0) is 43.6 Å². The van der Waals surface area contributed by atoms with Crippen LogP contribution in [0.3, 0.4) is 0 Å². The van der Waals surface area contributed by atoms with Gasteiger partial charge in [-0.15, -0.1) is 11.3 Å². The molecule has 1 fully saturated rings. The summed E-state index contributed by atoms with van der Waals surface area (Å²) in [6.45, 7) is 1.53. The molecule has 0 aliphatic carbocycles. The lowest BCUT2D eigenvalue weighted by Crippen LogP contribution is -2.31. The number of ether oxygens (including phenoxy) is 1. The molecule has 1 aromatic heterocycles. The van der Waals surface area contributed by atoms with Crippen molar-refractivity contribution in [2.24, 2.45) is 0 Å². The second-order valence-corrected chi connectivity index (χ2v) is 5.76. The Balaban J connectivity index is 1.49. The quantitative estimate of drug-likeness (QED) is 0.771. The summed E-state index contributed by atoms with van der Waals surface area (Å²) in [5.41, 5.74) is 0. The Kier molecular flexibility index (Phi) is 5.68. The third-order valence-corrected chi connectivity index (χ3v) is 4.14. The van der Waals surface area contributed by atoms with Crippen molar-refractivity contribution in [1.82, 2.24) is 5.32 Å². The molecule has 0 spiro atoms. The maximum absolute atomic E-state index is 11.6. The number of amides is 1. The lowest BCUT2D eigenvalue weighted by molar-refractivity contribution is -0.121. The normalized spacial score (nSPS) is 19.0. The third kappa shape index (κ3) is 4.78. The molecule has 1 amide bonds. The van der Waals surface area contributed by atoms with Crippen LogP contribution in [0.2, 0.25) is 0 Å². The largest absolute Gasteiger partial charge is 0.376 e. The molecule has 1 atom stereocenters. The molecule has 2 rings (SSSR count). The number of hydrogen-bond acceptors (Lipinski definition) is 3. The van der Waals surface area contributed by atoms with E-state index in [0.29, 0.717) is 13.0 Å². The van der Waals surface area contributed by atoms with Gasteiger partial charge in [0, 0.05) is 24.4 Å². The van der Waals surface area contributed by atoms with Gasteiger partial charge in [-0.3, -0.25) is 4.79 Å². The Morgan fingerprint density at radius 3 is 3.17 bits per heavy atom. The molecular weight excluding hydrogens is 246 g/mol. The van der Waals surface area contributed by atoms with E-state index < -0.39 is 0 Å². The van der Waals surface area contributed by atoms with Crippen molar-refractivity contribution in [3.8, 4) is 0 Å². The van der Waals surface area contributed by atoms with E-state index in [4.69, 9.17) is 4.74 Å². The zero-order valence-electron chi connectivity index (χ0n) is 10.7. The van der Waals surface area contributed by atoms with Gasteiger partial charge in [0.05, 0.1) is 6.10 Å². The third-order valence-electron chi connectivity index (χ3n) is 3.21. The van der Waals surface area contributed by atoms with E-state index in [1.54, 1.807) is 11.3 Å². The van der Waals surface area contributed by atoms with Crippen LogP contribution >= 0.6 is 11.3 Å². The first-order valence-electron chi connectivity index (χ1n) is 6.75. The fraction of sp³-hybridized carbons (Fsp3) is 0.643. The van der Waals surface area contributed by atoms with Gasteiger partial charge in [-0.2, -0.15) is 0 Å². The van der Waals surface area contributed by atoms with Gasteiger partial charge in [0.25, 0.3) is 0 Å². The molecule has 0 aromatic carbocycles. The summed E-state index contributed by atoms with van der Waals surface area (Å²) >= 11 is 1.79. The van der Waals surface area contributed by atoms with Crippen LogP contribution in [0.15, 0.2) is 17.5 Å². The highest BCUT2D eigenvalue weighted by Crippen LogP contribution is 2.13. The van der Waals surface area contributed by atoms with Gasteiger partial charge in [0.15, 0.2) is 0 Å². The van der Waals surface area contributed by atoms with E-state index in [2.05, 4.69) is 22.8 Å². The maximum atomic E-state index is 11.6. The van der Waals surface area contributed by atoms with Crippen molar-refractivity contribution >= 4 is 17.2 Å². The second kappa shape index (κ2) is 7.54. The standard InChI is InChI=1S/C14H21NO2S/c16-14(15-11-12-5-3-9-17-12)8-2-1-6-13-7-4-10-18-13/h4,7,10,12H,1-3,5-6,8-9,11H2,(H,15,16). The number of rotatable bonds is 7. The highest BCUT2D eigenvalue weighted by Gasteiger charge is 2.15. The zero-order valence-corrected chi connectivity index (χ0v) is 11.5. The van der Waals surface area contributed by atoms with Crippen molar-refractivity contribution in [2.75, 3.05) is 13.2 Å². The predicted octanol–water partition coefficient (Wildman–Crippen LogP) is 2.76. The van der Waals surface area contributed by atoms with Crippen LogP contribution in [0.25, 0.3) is 0 Å². The second-order valence-electron chi connectivity index (χ2n) is 4.73. The monoisotopic (exact) mass is 267 g/mol. The van der Waals surface area contributed by atoms with Gasteiger partial charge in [-0.25, -0.2) is 0 Å². The molecule has 1 aromatic rings. The Hall–Kier alpha value is -0.870. The first kappa shape index (κ1) is 13.6. The van der Waals surface area contributed by atoms with Crippen LogP contribution < -0.4 is 5.32 Å². The molecule has 1 aliphatic rings. The van der Waals surface area contributed by atoms with Crippen LogP contribution in [-0.4, -0.2) is 25.2 Å². The predicted molar refractivity (Wildman–Crippen MR) is 73.9 cm³/mol. The average Bonchev–Trinajstić information content (AvgIpc) is 3.04. The number of thiophene rings is 1. The minimum atomic E-state index is 0.164. The molecule has 1 N–H and O–H groups in total. The minimum absolute atomic E-state index is 0.164. The Morgan fingerprint density at radius 1 is 1.50 bits per heavy atom. The summed E-state index contributed by atoms with van der Waals surface area (Å²) < 4.78 is 5.46. The molecule has 0 radical (unpaired) electrons. The summed E-state index contributed by atoms with van der Waals surface area (Å²) in [5.74, 6) is 0.164. The minimum Gasteiger partial charge on any atom is -0.376 e. The van der Waals surface area contributed by atoms with Gasteiger partial charge in [-0.1, -0.05) is 6.07 Å². The van der Waals surface area contributed by atoms with Gasteiger partial charge in [0.2, 0.25) is 5.91 Å². The summed E-state index contributed by atoms with van der Waals surface area (Å²) in [6.07, 6.45) is 6.25. The maximum Gasteiger partial charge on any atom is 0.220 e. The molecule has 100 valence electrons. The molecule has 1 saturated heterocycles. The summed E-state index contributed by atoms with van der Waals surface area (Å²) in [5, 5.41) is 5.06. The number of nitrogens with one attached hydrogen (secondary N) is 1. The van der Waals surface area contributed by atoms with Crippen LogP contribution in [0.4, 0.5) is 0 Å². The van der Waals surface area contributed by atoms with Crippen molar-refractivity contribution in [2.45, 2.75) is 44.6 Å². The van der Waals surface area contributed by atoms with Crippen molar-refractivity contribution in [1.29, 1.82) is 0 Å². The number of aryl methyl sites for hydroxylation is 1. The van der Waals surface area contributed by atoms with E-state index >= 15 is 0 Å². The summed E-state index contributed by atoms with van der Waals surface area (Å²) in [6, 6.07) is 4.23. The highest BCUT2D eigenvalue weighted by molar-refractivity contribution is 7.09. The van der Waals surface area contributed by atoms with E-state index in [-0.39, 0.29) is 12.0 Å². The van der Waals surface area contributed by atoms with E-state index in [1.807, 2.05) is 0 Å². The van der Waals surface area contributed by atoms with Crippen LogP contribution in [-0.2, 0) is 16.0 Å². The average molecular weight is 267 g/mol. The number of hydrogen-bond donors (Lipinski definition) is 1. The fourth-order valence-electron chi connectivity index (χ4n) is 2.16. The topological polar surface area (TPSA) is 38.3 Å². The molecule has 1 aliphatic heterocycles. The molecule has 4 heteroatoms. The lowest BCUT2D eigenvalue weighted by Gasteiger charge is -2.10. The van der Waals surface area contributed by atoms with Crippen LogP contribution in [0, 0.1) is 0 Å². The zero-order chi connectivity index (χ0) is 12.6. The van der Waals surface area contributed by atoms with E-state index in [1.165, 1.54) is 4.88 Å². The molecule has 18 heavy (non-hydrogen) atoms. The van der Waals surface area contributed by atoms with Gasteiger partial charge < -0.3 is 10.1 Å². The first-order valence-corrected chi connectivity index (χ1v) is 7.63. The van der Waals surface area contributed by atoms with Crippen molar-refractivity contribution < 1.29 is 9.53 Å². The highest BCUT2D eigenvalue weighted by atomic mass is 32.1. The molecular formula is C14H21NO2S. The van der Waals surface area contributed by atoms with Crippen molar-refractivity contribution in [3.05, 3.63) is 22.4 Å². The van der Waals surface area contributed by atoms with E-state index in [0.717, 1.165) is 38.7 Å².